The SMILES string of the molecule is O=C(N[C@H]1CCCC[C@@H]1O)c1cccc2cccnc12. The Morgan fingerprint density at radius 1 is 1.20 bits per heavy atom. The number of aromatic nitrogens is 1. The first kappa shape index (κ1) is 13.1. The van der Waals surface area contributed by atoms with Crippen LogP contribution in [-0.2, 0) is 0 Å². The van der Waals surface area contributed by atoms with E-state index < -0.39 is 6.10 Å². The Labute approximate surface area is 117 Å². The predicted octanol–water partition coefficient (Wildman–Crippen LogP) is 2.27. The summed E-state index contributed by atoms with van der Waals surface area (Å²) in [6.45, 7) is 0. The van der Waals surface area contributed by atoms with Crippen LogP contribution in [0.2, 0.25) is 0 Å². The van der Waals surface area contributed by atoms with Crippen LogP contribution in [0.4, 0.5) is 0 Å². The fourth-order valence-corrected chi connectivity index (χ4v) is 2.81. The lowest BCUT2D eigenvalue weighted by Crippen LogP contribution is -2.45. The second-order valence-electron chi connectivity index (χ2n) is 5.31. The van der Waals surface area contributed by atoms with Crippen LogP contribution >= 0.6 is 0 Å². The van der Waals surface area contributed by atoms with E-state index in [4.69, 9.17) is 0 Å². The van der Waals surface area contributed by atoms with Crippen LogP contribution < -0.4 is 5.32 Å². The van der Waals surface area contributed by atoms with Crippen LogP contribution in [-0.4, -0.2) is 28.1 Å². The zero-order valence-corrected chi connectivity index (χ0v) is 11.2. The fraction of sp³-hybridized carbons (Fsp3) is 0.375. The van der Waals surface area contributed by atoms with Gasteiger partial charge in [-0.2, -0.15) is 0 Å². The van der Waals surface area contributed by atoms with Gasteiger partial charge in [0.2, 0.25) is 0 Å². The highest BCUT2D eigenvalue weighted by Gasteiger charge is 2.25. The van der Waals surface area contributed by atoms with E-state index in [2.05, 4.69) is 10.3 Å². The van der Waals surface area contributed by atoms with Gasteiger partial charge in [-0.1, -0.05) is 31.0 Å². The molecule has 3 rings (SSSR count). The molecule has 20 heavy (non-hydrogen) atoms. The number of nitrogens with one attached hydrogen (secondary N) is 1. The van der Waals surface area contributed by atoms with Crippen LogP contribution in [0.15, 0.2) is 36.5 Å². The topological polar surface area (TPSA) is 62.2 Å². The zero-order chi connectivity index (χ0) is 13.9. The van der Waals surface area contributed by atoms with Crippen LogP contribution in [0.25, 0.3) is 10.9 Å². The number of fused-ring (bicyclic) bond motifs is 1. The molecule has 0 radical (unpaired) electrons. The maximum Gasteiger partial charge on any atom is 0.253 e. The summed E-state index contributed by atoms with van der Waals surface area (Å²) in [5, 5.41) is 13.8. The summed E-state index contributed by atoms with van der Waals surface area (Å²) in [4.78, 5) is 16.7. The van der Waals surface area contributed by atoms with Crippen molar-refractivity contribution in [2.75, 3.05) is 0 Å². The standard InChI is InChI=1S/C16H18N2O2/c19-14-9-2-1-8-13(14)18-16(20)12-7-3-5-11-6-4-10-17-15(11)12/h3-7,10,13-14,19H,1-2,8-9H2,(H,18,20)/t13-,14-/m0/s1. The summed E-state index contributed by atoms with van der Waals surface area (Å²) in [7, 11) is 0. The van der Waals surface area contributed by atoms with Crippen molar-refractivity contribution in [2.45, 2.75) is 37.8 Å². The number of para-hydroxylation sites is 1. The molecular formula is C16H18N2O2. The first-order valence-electron chi connectivity index (χ1n) is 7.08. The van der Waals surface area contributed by atoms with E-state index in [-0.39, 0.29) is 11.9 Å². The number of carbonyl (C=O) groups is 1. The number of pyridine rings is 1. The van der Waals surface area contributed by atoms with Gasteiger partial charge < -0.3 is 10.4 Å². The minimum absolute atomic E-state index is 0.143. The van der Waals surface area contributed by atoms with Gasteiger partial charge in [-0.15, -0.1) is 0 Å². The number of hydrogen-bond donors (Lipinski definition) is 2. The van der Waals surface area contributed by atoms with Crippen LogP contribution in [0.3, 0.4) is 0 Å². The van der Waals surface area contributed by atoms with Gasteiger partial charge in [0.25, 0.3) is 5.91 Å². The molecule has 2 aromatic rings. The molecule has 4 nitrogen and oxygen atoms in total. The Kier molecular flexibility index (Phi) is 3.65. The molecule has 1 aromatic heterocycles. The highest BCUT2D eigenvalue weighted by atomic mass is 16.3. The van der Waals surface area contributed by atoms with Crippen molar-refractivity contribution in [3.63, 3.8) is 0 Å². The Morgan fingerprint density at radius 2 is 2.00 bits per heavy atom. The van der Waals surface area contributed by atoms with E-state index in [9.17, 15) is 9.90 Å². The second-order valence-corrected chi connectivity index (χ2v) is 5.31. The molecule has 1 aliphatic carbocycles. The summed E-state index contributed by atoms with van der Waals surface area (Å²) < 4.78 is 0. The quantitative estimate of drug-likeness (QED) is 0.880. The van der Waals surface area contributed by atoms with Gasteiger partial charge in [0.1, 0.15) is 0 Å². The lowest BCUT2D eigenvalue weighted by Gasteiger charge is -2.28. The second kappa shape index (κ2) is 5.59. The normalized spacial score (nSPS) is 22.6. The van der Waals surface area contributed by atoms with E-state index >= 15 is 0 Å². The van der Waals surface area contributed by atoms with Gasteiger partial charge >= 0.3 is 0 Å². The van der Waals surface area contributed by atoms with Crippen molar-refractivity contribution in [3.8, 4) is 0 Å². The number of aliphatic hydroxyl groups is 1. The summed E-state index contributed by atoms with van der Waals surface area (Å²) in [6.07, 6.45) is 4.94. The number of aliphatic hydroxyl groups excluding tert-OH is 1. The molecule has 0 unspecified atom stereocenters. The third-order valence-electron chi connectivity index (χ3n) is 3.92. The molecule has 1 aromatic carbocycles. The Bertz CT molecular complexity index is 621. The van der Waals surface area contributed by atoms with Gasteiger partial charge in [-0.3, -0.25) is 9.78 Å². The molecule has 0 saturated heterocycles. The highest BCUT2D eigenvalue weighted by molar-refractivity contribution is 6.05. The van der Waals surface area contributed by atoms with Gasteiger partial charge in [-0.05, 0) is 25.0 Å². The number of benzene rings is 1. The predicted molar refractivity (Wildman–Crippen MR) is 77.5 cm³/mol. The van der Waals surface area contributed by atoms with Gasteiger partial charge in [0.15, 0.2) is 0 Å². The molecule has 1 heterocycles. The number of hydrogen-bond acceptors (Lipinski definition) is 3. The molecule has 104 valence electrons. The van der Waals surface area contributed by atoms with Crippen LogP contribution in [0.1, 0.15) is 36.0 Å². The van der Waals surface area contributed by atoms with Crippen LogP contribution in [0.5, 0.6) is 0 Å². The summed E-state index contributed by atoms with van der Waals surface area (Å²) in [5.74, 6) is -0.153. The third-order valence-corrected chi connectivity index (χ3v) is 3.92. The lowest BCUT2D eigenvalue weighted by atomic mass is 9.92. The maximum absolute atomic E-state index is 12.4. The van der Waals surface area contributed by atoms with Gasteiger partial charge in [0.05, 0.1) is 23.2 Å². The highest BCUT2D eigenvalue weighted by Crippen LogP contribution is 2.20. The minimum atomic E-state index is -0.435. The van der Waals surface area contributed by atoms with E-state index in [1.54, 1.807) is 12.3 Å². The molecule has 1 fully saturated rings. The monoisotopic (exact) mass is 270 g/mol. The van der Waals surface area contributed by atoms with Crippen LogP contribution in [0, 0.1) is 0 Å². The van der Waals surface area contributed by atoms with Crippen molar-refractivity contribution >= 4 is 16.8 Å². The molecule has 1 saturated carbocycles. The zero-order valence-electron chi connectivity index (χ0n) is 11.2. The Balaban J connectivity index is 1.85. The Morgan fingerprint density at radius 3 is 2.85 bits per heavy atom. The molecule has 0 bridgehead atoms. The third kappa shape index (κ3) is 2.51. The molecule has 0 aliphatic heterocycles. The van der Waals surface area contributed by atoms with Crippen molar-refractivity contribution in [2.24, 2.45) is 0 Å². The van der Waals surface area contributed by atoms with E-state index in [0.29, 0.717) is 11.1 Å². The molecular weight excluding hydrogens is 252 g/mol. The average molecular weight is 270 g/mol. The summed E-state index contributed by atoms with van der Waals surface area (Å²) >= 11 is 0. The first-order valence-corrected chi connectivity index (χ1v) is 7.08. The lowest BCUT2D eigenvalue weighted by molar-refractivity contribution is 0.0718. The fourth-order valence-electron chi connectivity index (χ4n) is 2.81. The molecule has 2 atom stereocenters. The molecule has 1 amide bonds. The largest absolute Gasteiger partial charge is 0.391 e. The number of nitrogens with zero attached hydrogens (tertiary/aromatic N) is 1. The van der Waals surface area contributed by atoms with Crippen molar-refractivity contribution in [3.05, 3.63) is 42.1 Å². The number of rotatable bonds is 2. The minimum Gasteiger partial charge on any atom is -0.391 e. The average Bonchev–Trinajstić information content (AvgIpc) is 2.49. The van der Waals surface area contributed by atoms with Gasteiger partial charge in [-0.25, -0.2) is 0 Å². The smallest absolute Gasteiger partial charge is 0.253 e. The van der Waals surface area contributed by atoms with E-state index in [1.165, 1.54) is 0 Å². The molecule has 2 N–H and O–H groups in total. The van der Waals surface area contributed by atoms with E-state index in [1.807, 2.05) is 24.3 Å². The van der Waals surface area contributed by atoms with Gasteiger partial charge in [0, 0.05) is 11.6 Å². The van der Waals surface area contributed by atoms with E-state index in [0.717, 1.165) is 31.1 Å². The number of amides is 1. The van der Waals surface area contributed by atoms with Crippen molar-refractivity contribution < 1.29 is 9.90 Å². The number of carbonyl (C=O) groups excluding carboxylic acids is 1. The maximum atomic E-state index is 12.4. The first-order chi connectivity index (χ1) is 9.75. The molecule has 4 heteroatoms. The Hall–Kier alpha value is -1.94. The van der Waals surface area contributed by atoms with Crippen molar-refractivity contribution in [1.29, 1.82) is 0 Å². The summed E-state index contributed by atoms with van der Waals surface area (Å²) in [6, 6.07) is 9.23. The molecule has 1 aliphatic rings. The summed E-state index contributed by atoms with van der Waals surface area (Å²) in [5.41, 5.74) is 1.28. The molecule has 0 spiro atoms. The van der Waals surface area contributed by atoms with Crippen molar-refractivity contribution in [1.82, 2.24) is 10.3 Å².